The van der Waals surface area contributed by atoms with E-state index in [1.165, 1.54) is 6.08 Å². The van der Waals surface area contributed by atoms with E-state index in [9.17, 15) is 10.1 Å². The van der Waals surface area contributed by atoms with E-state index in [-0.39, 0.29) is 22.5 Å². The second kappa shape index (κ2) is 5.64. The minimum Gasteiger partial charge on any atom is -0.382 e. The van der Waals surface area contributed by atoms with E-state index in [1.807, 2.05) is 36.4 Å². The second-order valence-corrected chi connectivity index (χ2v) is 4.19. The van der Waals surface area contributed by atoms with Crippen molar-refractivity contribution in [3.63, 3.8) is 0 Å². The topological polar surface area (TPSA) is 122 Å². The zero-order chi connectivity index (χ0) is 15.4. The molecule has 0 aliphatic heterocycles. The van der Waals surface area contributed by atoms with Crippen LogP contribution in [-0.4, -0.2) is 4.68 Å². The lowest BCUT2D eigenvalue weighted by Crippen LogP contribution is -2.33. The third-order valence-corrected chi connectivity index (χ3v) is 2.95. The van der Waals surface area contributed by atoms with Gasteiger partial charge in [-0.2, -0.15) is 10.5 Å². The van der Waals surface area contributed by atoms with Crippen LogP contribution in [0.1, 0.15) is 22.3 Å². The molecule has 0 saturated carbocycles. The third kappa shape index (κ3) is 2.46. The summed E-state index contributed by atoms with van der Waals surface area (Å²) in [5.41, 5.74) is 5.75. The van der Waals surface area contributed by atoms with Gasteiger partial charge in [0.05, 0.1) is 0 Å². The minimum absolute atomic E-state index is 0.000770. The first-order valence-corrected chi connectivity index (χ1v) is 5.97. The first-order chi connectivity index (χ1) is 10.1. The van der Waals surface area contributed by atoms with Crippen LogP contribution in [0.5, 0.6) is 0 Å². The number of anilines is 1. The molecule has 1 aromatic heterocycles. The lowest BCUT2D eigenvalue weighted by molar-refractivity contribution is 0.939. The zero-order valence-electron chi connectivity index (χ0n) is 10.9. The number of hydrogen-bond acceptors (Lipinski definition) is 5. The van der Waals surface area contributed by atoms with E-state index in [4.69, 9.17) is 16.8 Å². The van der Waals surface area contributed by atoms with Crippen LogP contribution in [-0.2, 0) is 0 Å². The monoisotopic (exact) mass is 277 g/mol. The number of nitrogens with zero attached hydrogens (tertiary/aromatic N) is 3. The zero-order valence-corrected chi connectivity index (χ0v) is 10.9. The summed E-state index contributed by atoms with van der Waals surface area (Å²) < 4.78 is 0.608. The minimum atomic E-state index is -0.735. The molecule has 0 unspecified atom stereocenters. The quantitative estimate of drug-likeness (QED) is 0.795. The van der Waals surface area contributed by atoms with Crippen molar-refractivity contribution in [2.45, 2.75) is 0 Å². The molecule has 6 heteroatoms. The largest absolute Gasteiger partial charge is 0.382 e. The predicted molar refractivity (Wildman–Crippen MR) is 80.1 cm³/mol. The molecular weight excluding hydrogens is 266 g/mol. The highest BCUT2D eigenvalue weighted by molar-refractivity contribution is 5.78. The Kier molecular flexibility index (Phi) is 3.74. The Bertz CT molecular complexity index is 851. The van der Waals surface area contributed by atoms with Crippen molar-refractivity contribution in [2.24, 2.45) is 0 Å². The summed E-state index contributed by atoms with van der Waals surface area (Å²) in [6.45, 7) is 0. The maximum absolute atomic E-state index is 11.9. The highest BCUT2D eigenvalue weighted by Gasteiger charge is 2.17. The van der Waals surface area contributed by atoms with Crippen LogP contribution in [0, 0.1) is 22.7 Å². The summed E-state index contributed by atoms with van der Waals surface area (Å²) in [6.07, 6.45) is 3.21. The molecule has 4 N–H and O–H groups in total. The normalized spacial score (nSPS) is 10.2. The fourth-order valence-corrected chi connectivity index (χ4v) is 1.86. The molecule has 0 aliphatic carbocycles. The molecule has 1 heterocycles. The van der Waals surface area contributed by atoms with Crippen molar-refractivity contribution in [3.05, 3.63) is 62.9 Å². The summed E-state index contributed by atoms with van der Waals surface area (Å²) in [4.78, 5) is 11.9. The number of aromatic nitrogens is 1. The van der Waals surface area contributed by atoms with Gasteiger partial charge in [-0.05, 0) is 5.56 Å². The molecule has 0 radical (unpaired) electrons. The Morgan fingerprint density at radius 3 is 2.24 bits per heavy atom. The molecule has 21 heavy (non-hydrogen) atoms. The molecule has 6 nitrogen and oxygen atoms in total. The van der Waals surface area contributed by atoms with Gasteiger partial charge in [0.1, 0.15) is 29.1 Å². The smallest absolute Gasteiger partial charge is 0.289 e. The molecule has 0 saturated heterocycles. The summed E-state index contributed by atoms with van der Waals surface area (Å²) in [5, 5.41) is 18.3. The van der Waals surface area contributed by atoms with Crippen molar-refractivity contribution < 1.29 is 0 Å². The average Bonchev–Trinajstić information content (AvgIpc) is 2.52. The Hall–Kier alpha value is -3.51. The van der Waals surface area contributed by atoms with Gasteiger partial charge in [-0.15, -0.1) is 0 Å². The molecule has 102 valence electrons. The van der Waals surface area contributed by atoms with Crippen LogP contribution in [0.25, 0.3) is 12.2 Å². The molecule has 1 aromatic carbocycles. The molecule has 2 aromatic rings. The first-order valence-electron chi connectivity index (χ1n) is 5.97. The van der Waals surface area contributed by atoms with Gasteiger partial charge in [0, 0.05) is 5.56 Å². The van der Waals surface area contributed by atoms with Crippen LogP contribution in [0.3, 0.4) is 0 Å². The molecular formula is C15H11N5O. The van der Waals surface area contributed by atoms with Gasteiger partial charge in [-0.3, -0.25) is 4.79 Å². The average molecular weight is 277 g/mol. The van der Waals surface area contributed by atoms with E-state index in [2.05, 4.69) is 0 Å². The van der Waals surface area contributed by atoms with Crippen molar-refractivity contribution in [3.8, 4) is 12.1 Å². The summed E-state index contributed by atoms with van der Waals surface area (Å²) in [7, 11) is 0. The van der Waals surface area contributed by atoms with E-state index < -0.39 is 5.56 Å². The van der Waals surface area contributed by atoms with Gasteiger partial charge in [0.15, 0.2) is 0 Å². The maximum Gasteiger partial charge on any atom is 0.289 e. The highest BCUT2D eigenvalue weighted by Crippen LogP contribution is 2.19. The van der Waals surface area contributed by atoms with Gasteiger partial charge in [-0.1, -0.05) is 42.5 Å². The van der Waals surface area contributed by atoms with E-state index in [0.717, 1.165) is 5.56 Å². The van der Waals surface area contributed by atoms with Crippen molar-refractivity contribution >= 4 is 18.0 Å². The summed E-state index contributed by atoms with van der Waals surface area (Å²) in [6, 6.07) is 12.9. The molecule has 0 spiro atoms. The SMILES string of the molecule is N#Cc1c(/C=C/c2ccccc2)c(C#N)c(=O)n(N)c1N. The van der Waals surface area contributed by atoms with Gasteiger partial charge >= 0.3 is 0 Å². The highest BCUT2D eigenvalue weighted by atomic mass is 16.1. The Labute approximate surface area is 120 Å². The van der Waals surface area contributed by atoms with Gasteiger partial charge < -0.3 is 11.6 Å². The number of benzene rings is 1. The molecule has 0 atom stereocenters. The number of nitrogen functional groups attached to an aromatic ring is 2. The van der Waals surface area contributed by atoms with E-state index >= 15 is 0 Å². The van der Waals surface area contributed by atoms with Crippen molar-refractivity contribution in [1.29, 1.82) is 10.5 Å². The fraction of sp³-hybridized carbons (Fsp3) is 0. The Balaban J connectivity index is 2.69. The van der Waals surface area contributed by atoms with Gasteiger partial charge in [-0.25, -0.2) is 4.68 Å². The fourth-order valence-electron chi connectivity index (χ4n) is 1.86. The van der Waals surface area contributed by atoms with Crippen LogP contribution < -0.4 is 17.1 Å². The maximum atomic E-state index is 11.9. The number of hydrogen-bond donors (Lipinski definition) is 2. The van der Waals surface area contributed by atoms with Crippen LogP contribution in [0.15, 0.2) is 35.1 Å². The number of rotatable bonds is 2. The molecule has 2 rings (SSSR count). The van der Waals surface area contributed by atoms with Crippen molar-refractivity contribution in [1.82, 2.24) is 4.68 Å². The lowest BCUT2D eigenvalue weighted by Gasteiger charge is -2.09. The van der Waals surface area contributed by atoms with Crippen LogP contribution >= 0.6 is 0 Å². The van der Waals surface area contributed by atoms with E-state index in [0.29, 0.717) is 4.68 Å². The summed E-state index contributed by atoms with van der Waals surface area (Å²) >= 11 is 0. The molecule has 0 fully saturated rings. The standard InChI is InChI=1S/C15H11N5O/c16-8-12-11(7-6-10-4-2-1-3-5-10)13(9-17)15(21)20(19)14(12)18/h1-7H,18-19H2/b7-6+. The number of pyridine rings is 1. The van der Waals surface area contributed by atoms with Crippen LogP contribution in [0.4, 0.5) is 5.82 Å². The Morgan fingerprint density at radius 2 is 1.67 bits per heavy atom. The first kappa shape index (κ1) is 13.9. The van der Waals surface area contributed by atoms with Gasteiger partial charge in [0.25, 0.3) is 5.56 Å². The van der Waals surface area contributed by atoms with E-state index in [1.54, 1.807) is 12.1 Å². The number of nitrogens with two attached hydrogens (primary N) is 2. The van der Waals surface area contributed by atoms with Crippen LogP contribution in [0.2, 0.25) is 0 Å². The molecule has 0 aliphatic rings. The third-order valence-electron chi connectivity index (χ3n) is 2.95. The van der Waals surface area contributed by atoms with Crippen molar-refractivity contribution in [2.75, 3.05) is 11.6 Å². The molecule has 0 bridgehead atoms. The lowest BCUT2D eigenvalue weighted by atomic mass is 10.0. The predicted octanol–water partition coefficient (Wildman–Crippen LogP) is 1.06. The second-order valence-electron chi connectivity index (χ2n) is 4.19. The Morgan fingerprint density at radius 1 is 1.05 bits per heavy atom. The van der Waals surface area contributed by atoms with Gasteiger partial charge in [0.2, 0.25) is 0 Å². The molecule has 0 amide bonds. The summed E-state index contributed by atoms with van der Waals surface area (Å²) in [5.74, 6) is 5.29. The number of nitriles is 2.